The average Bonchev–Trinajstić information content (AvgIpc) is 3.26. The molecule has 0 radical (unpaired) electrons. The number of carbonyl (C=O) groups excluding carboxylic acids is 1. The van der Waals surface area contributed by atoms with E-state index >= 15 is 0 Å². The van der Waals surface area contributed by atoms with Crippen LogP contribution in [0.4, 0.5) is 0 Å². The molecule has 0 unspecified atom stereocenters. The number of fused-ring (bicyclic) bond motifs is 2. The summed E-state index contributed by atoms with van der Waals surface area (Å²) in [7, 11) is 1.86. The van der Waals surface area contributed by atoms with Crippen molar-refractivity contribution in [1.29, 1.82) is 0 Å². The molecule has 7 heteroatoms. The van der Waals surface area contributed by atoms with Crippen LogP contribution in [-0.2, 0) is 13.6 Å². The molecule has 128 valence electrons. The van der Waals surface area contributed by atoms with Gasteiger partial charge in [-0.25, -0.2) is 0 Å². The standard InChI is InChI=1S/C18H17BrN4O2/c1-22-14-10-17(19)25-16(14)9-15(22)18(24)20-7-4-8-23-13-6-3-2-5-12(13)11-21-23/h2-3,5-6,9-11H,4,7-8H2,1H3,(H,20,24). The van der Waals surface area contributed by atoms with E-state index in [9.17, 15) is 4.79 Å². The number of rotatable bonds is 5. The summed E-state index contributed by atoms with van der Waals surface area (Å²) in [4.78, 5) is 12.4. The van der Waals surface area contributed by atoms with Crippen LogP contribution in [-0.4, -0.2) is 26.8 Å². The van der Waals surface area contributed by atoms with Crippen LogP contribution in [0.1, 0.15) is 16.9 Å². The number of aryl methyl sites for hydroxylation is 2. The molecule has 3 aromatic heterocycles. The van der Waals surface area contributed by atoms with Crippen LogP contribution < -0.4 is 5.32 Å². The van der Waals surface area contributed by atoms with Crippen molar-refractivity contribution >= 4 is 43.8 Å². The van der Waals surface area contributed by atoms with Gasteiger partial charge in [-0.3, -0.25) is 9.48 Å². The molecule has 0 spiro atoms. The lowest BCUT2D eigenvalue weighted by Crippen LogP contribution is -2.27. The molecule has 0 aliphatic carbocycles. The van der Waals surface area contributed by atoms with Gasteiger partial charge in [0.15, 0.2) is 10.3 Å². The molecule has 0 fully saturated rings. The molecule has 25 heavy (non-hydrogen) atoms. The van der Waals surface area contributed by atoms with Crippen molar-refractivity contribution in [2.24, 2.45) is 7.05 Å². The second-order valence-electron chi connectivity index (χ2n) is 5.92. The van der Waals surface area contributed by atoms with Gasteiger partial charge in [-0.2, -0.15) is 5.10 Å². The van der Waals surface area contributed by atoms with Gasteiger partial charge in [0.05, 0.1) is 17.2 Å². The fourth-order valence-corrected chi connectivity index (χ4v) is 3.42. The Labute approximate surface area is 152 Å². The zero-order valence-corrected chi connectivity index (χ0v) is 15.3. The molecule has 0 atom stereocenters. The number of para-hydroxylation sites is 1. The van der Waals surface area contributed by atoms with Gasteiger partial charge in [0.25, 0.3) is 5.91 Å². The van der Waals surface area contributed by atoms with E-state index in [-0.39, 0.29) is 5.91 Å². The predicted molar refractivity (Wildman–Crippen MR) is 99.6 cm³/mol. The van der Waals surface area contributed by atoms with Crippen molar-refractivity contribution < 1.29 is 9.21 Å². The first-order valence-electron chi connectivity index (χ1n) is 8.07. The van der Waals surface area contributed by atoms with E-state index in [2.05, 4.69) is 32.4 Å². The lowest BCUT2D eigenvalue weighted by atomic mass is 10.2. The average molecular weight is 401 g/mol. The molecular weight excluding hydrogens is 384 g/mol. The maximum Gasteiger partial charge on any atom is 0.268 e. The molecule has 0 aliphatic rings. The fraction of sp³-hybridized carbons (Fsp3) is 0.222. The zero-order valence-electron chi connectivity index (χ0n) is 13.7. The molecule has 0 bridgehead atoms. The normalized spacial score (nSPS) is 11.4. The van der Waals surface area contributed by atoms with Gasteiger partial charge in [-0.05, 0) is 28.4 Å². The minimum Gasteiger partial charge on any atom is -0.448 e. The summed E-state index contributed by atoms with van der Waals surface area (Å²) in [5.41, 5.74) is 3.29. The van der Waals surface area contributed by atoms with Crippen LogP contribution >= 0.6 is 15.9 Å². The maximum atomic E-state index is 12.4. The molecule has 4 aromatic rings. The van der Waals surface area contributed by atoms with Crippen molar-refractivity contribution in [2.75, 3.05) is 6.54 Å². The van der Waals surface area contributed by atoms with Crippen molar-refractivity contribution in [3.05, 3.63) is 53.0 Å². The summed E-state index contributed by atoms with van der Waals surface area (Å²) in [5.74, 6) is -0.102. The second kappa shape index (κ2) is 6.40. The van der Waals surface area contributed by atoms with E-state index < -0.39 is 0 Å². The highest BCUT2D eigenvalue weighted by Crippen LogP contribution is 2.26. The first kappa shape index (κ1) is 16.0. The third-order valence-corrected chi connectivity index (χ3v) is 4.71. The molecule has 1 N–H and O–H groups in total. The number of hydrogen-bond acceptors (Lipinski definition) is 3. The Balaban J connectivity index is 1.37. The molecule has 0 aliphatic heterocycles. The summed E-state index contributed by atoms with van der Waals surface area (Å²) < 4.78 is 9.96. The summed E-state index contributed by atoms with van der Waals surface area (Å²) in [6, 6.07) is 11.7. The lowest BCUT2D eigenvalue weighted by Gasteiger charge is -2.07. The number of carbonyl (C=O) groups is 1. The number of nitrogens with zero attached hydrogens (tertiary/aromatic N) is 3. The number of benzene rings is 1. The van der Waals surface area contributed by atoms with Crippen LogP contribution in [0.2, 0.25) is 0 Å². The van der Waals surface area contributed by atoms with E-state index in [1.807, 2.05) is 46.8 Å². The molecule has 0 saturated carbocycles. The Morgan fingerprint density at radius 1 is 1.28 bits per heavy atom. The fourth-order valence-electron chi connectivity index (χ4n) is 3.02. The highest BCUT2D eigenvalue weighted by molar-refractivity contribution is 9.10. The Kier molecular flexibility index (Phi) is 4.09. The molecular formula is C18H17BrN4O2. The molecule has 1 amide bonds. The van der Waals surface area contributed by atoms with Gasteiger partial charge in [-0.1, -0.05) is 18.2 Å². The summed E-state index contributed by atoms with van der Waals surface area (Å²) in [6.07, 6.45) is 2.68. The first-order chi connectivity index (χ1) is 12.1. The largest absolute Gasteiger partial charge is 0.448 e. The summed E-state index contributed by atoms with van der Waals surface area (Å²) >= 11 is 3.30. The van der Waals surface area contributed by atoms with Crippen molar-refractivity contribution in [2.45, 2.75) is 13.0 Å². The number of amides is 1. The van der Waals surface area contributed by atoms with E-state index in [4.69, 9.17) is 4.42 Å². The van der Waals surface area contributed by atoms with Crippen molar-refractivity contribution in [3.8, 4) is 0 Å². The van der Waals surface area contributed by atoms with Crippen LogP contribution in [0.15, 0.2) is 51.7 Å². The topological polar surface area (TPSA) is 65.0 Å². The Bertz CT molecular complexity index is 1060. The second-order valence-corrected chi connectivity index (χ2v) is 6.71. The van der Waals surface area contributed by atoms with E-state index in [0.717, 1.165) is 29.4 Å². The minimum absolute atomic E-state index is 0.102. The molecule has 1 aromatic carbocycles. The van der Waals surface area contributed by atoms with Crippen molar-refractivity contribution in [1.82, 2.24) is 19.7 Å². The highest BCUT2D eigenvalue weighted by Gasteiger charge is 2.16. The number of furan rings is 1. The van der Waals surface area contributed by atoms with E-state index in [1.54, 1.807) is 6.07 Å². The zero-order chi connectivity index (χ0) is 17.4. The van der Waals surface area contributed by atoms with E-state index in [1.165, 1.54) is 0 Å². The lowest BCUT2D eigenvalue weighted by molar-refractivity contribution is 0.0945. The Hall–Kier alpha value is -2.54. The molecule has 3 heterocycles. The quantitative estimate of drug-likeness (QED) is 0.519. The summed E-state index contributed by atoms with van der Waals surface area (Å²) in [5, 5.41) is 8.49. The van der Waals surface area contributed by atoms with Crippen LogP contribution in [0.5, 0.6) is 0 Å². The van der Waals surface area contributed by atoms with Gasteiger partial charge in [0.2, 0.25) is 0 Å². The smallest absolute Gasteiger partial charge is 0.268 e. The van der Waals surface area contributed by atoms with Crippen LogP contribution in [0.25, 0.3) is 22.0 Å². The third-order valence-electron chi connectivity index (χ3n) is 4.32. The number of hydrogen-bond donors (Lipinski definition) is 1. The Morgan fingerprint density at radius 2 is 2.12 bits per heavy atom. The van der Waals surface area contributed by atoms with E-state index in [0.29, 0.717) is 22.5 Å². The van der Waals surface area contributed by atoms with Gasteiger partial charge < -0.3 is 14.3 Å². The first-order valence-corrected chi connectivity index (χ1v) is 8.86. The minimum atomic E-state index is -0.102. The predicted octanol–water partition coefficient (Wildman–Crippen LogP) is 3.70. The third kappa shape index (κ3) is 2.95. The number of aromatic nitrogens is 3. The number of halogens is 1. The van der Waals surface area contributed by atoms with Gasteiger partial charge >= 0.3 is 0 Å². The molecule has 0 saturated heterocycles. The van der Waals surface area contributed by atoms with Crippen LogP contribution in [0.3, 0.4) is 0 Å². The molecule has 6 nitrogen and oxygen atoms in total. The van der Waals surface area contributed by atoms with Gasteiger partial charge in [-0.15, -0.1) is 0 Å². The molecule has 4 rings (SSSR count). The van der Waals surface area contributed by atoms with Gasteiger partial charge in [0.1, 0.15) is 5.69 Å². The monoisotopic (exact) mass is 400 g/mol. The summed E-state index contributed by atoms with van der Waals surface area (Å²) in [6.45, 7) is 1.35. The Morgan fingerprint density at radius 3 is 2.96 bits per heavy atom. The SMILES string of the molecule is Cn1c(C(=O)NCCCn2ncc3ccccc32)cc2oc(Br)cc21. The van der Waals surface area contributed by atoms with Crippen molar-refractivity contribution in [3.63, 3.8) is 0 Å². The number of nitrogens with one attached hydrogen (secondary N) is 1. The highest BCUT2D eigenvalue weighted by atomic mass is 79.9. The van der Waals surface area contributed by atoms with Gasteiger partial charge in [0, 0.05) is 37.7 Å². The maximum absolute atomic E-state index is 12.4. The van der Waals surface area contributed by atoms with Crippen LogP contribution in [0, 0.1) is 0 Å².